The molecule has 0 radical (unpaired) electrons. The lowest BCUT2D eigenvalue weighted by Gasteiger charge is -2.50. The first-order valence-electron chi connectivity index (χ1n) is 8.53. The van der Waals surface area contributed by atoms with E-state index in [1.807, 2.05) is 11.3 Å². The van der Waals surface area contributed by atoms with E-state index in [-0.39, 0.29) is 0 Å². The second-order valence-corrected chi connectivity index (χ2v) is 8.00. The van der Waals surface area contributed by atoms with Crippen molar-refractivity contribution in [2.45, 2.75) is 71.5 Å². The third-order valence-electron chi connectivity index (χ3n) is 5.37. The molecule has 0 N–H and O–H groups in total. The molecule has 3 heterocycles. The summed E-state index contributed by atoms with van der Waals surface area (Å²) >= 11 is 1.89. The Kier molecular flexibility index (Phi) is 4.67. The lowest BCUT2D eigenvalue weighted by atomic mass is 9.94. The Bertz CT molecular complexity index is 484. The summed E-state index contributed by atoms with van der Waals surface area (Å²) in [6.45, 7) is 12.9. The van der Waals surface area contributed by atoms with Gasteiger partial charge in [0, 0.05) is 36.1 Å². The number of fused-ring (bicyclic) bond motifs is 1. The summed E-state index contributed by atoms with van der Waals surface area (Å²) in [6, 6.07) is 2.01. The van der Waals surface area contributed by atoms with Gasteiger partial charge in [0.2, 0.25) is 0 Å². The van der Waals surface area contributed by atoms with Crippen LogP contribution in [0.25, 0.3) is 0 Å². The fourth-order valence-corrected chi connectivity index (χ4v) is 5.20. The van der Waals surface area contributed by atoms with Crippen molar-refractivity contribution in [3.05, 3.63) is 15.6 Å². The zero-order valence-electron chi connectivity index (χ0n) is 13.9. The normalized spacial score (nSPS) is 29.3. The molecule has 1 aromatic rings. The lowest BCUT2D eigenvalue weighted by molar-refractivity contribution is -0.0118. The number of hydrogen-bond acceptors (Lipinski definition) is 4. The molecule has 3 nitrogen and oxygen atoms in total. The standard InChI is InChI=1S/C17H29N3S/c1-5-15-10-19-9-7-6-8-16(19)11-20(15)13(3)17-12(2)18-14(4)21-17/h13,15-16H,5-11H2,1-4H3. The predicted octanol–water partition coefficient (Wildman–Crippen LogP) is 3.77. The van der Waals surface area contributed by atoms with Gasteiger partial charge in [0.25, 0.3) is 0 Å². The summed E-state index contributed by atoms with van der Waals surface area (Å²) in [7, 11) is 0. The second-order valence-electron chi connectivity index (χ2n) is 6.76. The van der Waals surface area contributed by atoms with Gasteiger partial charge in [0.15, 0.2) is 0 Å². The van der Waals surface area contributed by atoms with Gasteiger partial charge in [-0.1, -0.05) is 13.3 Å². The molecule has 0 spiro atoms. The molecular formula is C17H29N3S. The SMILES string of the molecule is CCC1CN2CCCCC2CN1C(C)c1sc(C)nc1C. The molecule has 3 rings (SSSR count). The Morgan fingerprint density at radius 1 is 1.29 bits per heavy atom. The number of aryl methyl sites for hydroxylation is 2. The van der Waals surface area contributed by atoms with E-state index in [1.165, 1.54) is 60.9 Å². The van der Waals surface area contributed by atoms with Crippen LogP contribution in [0.5, 0.6) is 0 Å². The maximum Gasteiger partial charge on any atom is 0.0900 e. The summed E-state index contributed by atoms with van der Waals surface area (Å²) < 4.78 is 0. The third-order valence-corrected chi connectivity index (χ3v) is 6.62. The van der Waals surface area contributed by atoms with E-state index in [9.17, 15) is 0 Å². The van der Waals surface area contributed by atoms with E-state index in [0.717, 1.165) is 6.04 Å². The molecule has 0 amide bonds. The van der Waals surface area contributed by atoms with Crippen LogP contribution in [0.4, 0.5) is 0 Å². The number of hydrogen-bond donors (Lipinski definition) is 0. The van der Waals surface area contributed by atoms with Crippen LogP contribution in [0.3, 0.4) is 0 Å². The molecule has 21 heavy (non-hydrogen) atoms. The Morgan fingerprint density at radius 3 is 2.76 bits per heavy atom. The van der Waals surface area contributed by atoms with Crippen molar-refractivity contribution in [1.29, 1.82) is 0 Å². The van der Waals surface area contributed by atoms with Gasteiger partial charge in [-0.05, 0) is 46.6 Å². The highest BCUT2D eigenvalue weighted by Gasteiger charge is 2.37. The van der Waals surface area contributed by atoms with Crippen LogP contribution < -0.4 is 0 Å². The minimum atomic E-state index is 0.519. The van der Waals surface area contributed by atoms with Gasteiger partial charge in [-0.2, -0.15) is 0 Å². The van der Waals surface area contributed by atoms with Gasteiger partial charge >= 0.3 is 0 Å². The van der Waals surface area contributed by atoms with E-state index in [2.05, 4.69) is 42.5 Å². The number of piperidine rings is 1. The fraction of sp³-hybridized carbons (Fsp3) is 0.824. The maximum absolute atomic E-state index is 4.64. The predicted molar refractivity (Wildman–Crippen MR) is 90.0 cm³/mol. The van der Waals surface area contributed by atoms with Crippen molar-refractivity contribution in [2.75, 3.05) is 19.6 Å². The van der Waals surface area contributed by atoms with Crippen LogP contribution in [0.15, 0.2) is 0 Å². The van der Waals surface area contributed by atoms with E-state index in [0.29, 0.717) is 12.1 Å². The summed E-state index contributed by atoms with van der Waals surface area (Å²) in [5.41, 5.74) is 1.24. The zero-order chi connectivity index (χ0) is 15.0. The van der Waals surface area contributed by atoms with Crippen molar-refractivity contribution in [1.82, 2.24) is 14.8 Å². The van der Waals surface area contributed by atoms with Crippen molar-refractivity contribution >= 4 is 11.3 Å². The van der Waals surface area contributed by atoms with Crippen LogP contribution >= 0.6 is 11.3 Å². The molecule has 2 fully saturated rings. The smallest absolute Gasteiger partial charge is 0.0900 e. The quantitative estimate of drug-likeness (QED) is 0.847. The molecule has 2 saturated heterocycles. The van der Waals surface area contributed by atoms with Crippen molar-refractivity contribution in [3.8, 4) is 0 Å². The van der Waals surface area contributed by atoms with E-state index in [1.54, 1.807) is 0 Å². The Balaban J connectivity index is 1.80. The molecule has 3 unspecified atom stereocenters. The molecule has 0 aliphatic carbocycles. The molecule has 0 bridgehead atoms. The molecule has 3 atom stereocenters. The lowest BCUT2D eigenvalue weighted by Crippen LogP contribution is -2.59. The van der Waals surface area contributed by atoms with Crippen LogP contribution in [0.2, 0.25) is 0 Å². The van der Waals surface area contributed by atoms with Gasteiger partial charge in [-0.3, -0.25) is 9.80 Å². The van der Waals surface area contributed by atoms with E-state index < -0.39 is 0 Å². The molecular weight excluding hydrogens is 278 g/mol. The average Bonchev–Trinajstić information content (AvgIpc) is 2.83. The van der Waals surface area contributed by atoms with Gasteiger partial charge in [-0.25, -0.2) is 4.98 Å². The molecule has 1 aromatic heterocycles. The Morgan fingerprint density at radius 2 is 2.10 bits per heavy atom. The topological polar surface area (TPSA) is 19.4 Å². The molecule has 2 aliphatic heterocycles. The van der Waals surface area contributed by atoms with Crippen LogP contribution in [0.1, 0.15) is 61.2 Å². The van der Waals surface area contributed by atoms with Gasteiger partial charge in [0.05, 0.1) is 10.7 Å². The number of thiazole rings is 1. The number of rotatable bonds is 3. The van der Waals surface area contributed by atoms with Gasteiger partial charge < -0.3 is 0 Å². The summed E-state index contributed by atoms with van der Waals surface area (Å²) in [4.78, 5) is 11.6. The van der Waals surface area contributed by atoms with E-state index in [4.69, 9.17) is 0 Å². The first kappa shape index (κ1) is 15.4. The van der Waals surface area contributed by atoms with E-state index >= 15 is 0 Å². The molecule has 2 aliphatic rings. The Hall–Kier alpha value is -0.450. The maximum atomic E-state index is 4.64. The number of aromatic nitrogens is 1. The van der Waals surface area contributed by atoms with Gasteiger partial charge in [-0.15, -0.1) is 11.3 Å². The molecule has 118 valence electrons. The largest absolute Gasteiger partial charge is 0.298 e. The third kappa shape index (κ3) is 3.03. The monoisotopic (exact) mass is 307 g/mol. The van der Waals surface area contributed by atoms with Crippen molar-refractivity contribution < 1.29 is 0 Å². The molecule has 0 saturated carbocycles. The molecule has 0 aromatic carbocycles. The molecule has 4 heteroatoms. The van der Waals surface area contributed by atoms with Crippen LogP contribution in [-0.4, -0.2) is 46.5 Å². The van der Waals surface area contributed by atoms with Crippen LogP contribution in [0, 0.1) is 13.8 Å². The van der Waals surface area contributed by atoms with Gasteiger partial charge in [0.1, 0.15) is 0 Å². The average molecular weight is 308 g/mol. The second kappa shape index (κ2) is 6.35. The van der Waals surface area contributed by atoms with Crippen molar-refractivity contribution in [3.63, 3.8) is 0 Å². The number of nitrogens with zero attached hydrogens (tertiary/aromatic N) is 3. The summed E-state index contributed by atoms with van der Waals surface area (Å²) in [6.07, 6.45) is 5.46. The Labute approximate surface area is 133 Å². The number of piperazine rings is 1. The highest BCUT2D eigenvalue weighted by Crippen LogP contribution is 2.35. The highest BCUT2D eigenvalue weighted by atomic mass is 32.1. The minimum absolute atomic E-state index is 0.519. The first-order valence-corrected chi connectivity index (χ1v) is 9.35. The first-order chi connectivity index (χ1) is 10.1. The zero-order valence-corrected chi connectivity index (χ0v) is 14.7. The minimum Gasteiger partial charge on any atom is -0.298 e. The van der Waals surface area contributed by atoms with Crippen LogP contribution in [-0.2, 0) is 0 Å². The fourth-order valence-electron chi connectivity index (χ4n) is 4.20. The summed E-state index contributed by atoms with van der Waals surface area (Å²) in [5, 5.41) is 1.21. The highest BCUT2D eigenvalue weighted by molar-refractivity contribution is 7.11. The van der Waals surface area contributed by atoms with Crippen molar-refractivity contribution in [2.24, 2.45) is 0 Å². The summed E-state index contributed by atoms with van der Waals surface area (Å²) in [5.74, 6) is 0.